The number of hydrogen-bond acceptors (Lipinski definition) is 4. The maximum absolute atomic E-state index is 12.1. The van der Waals surface area contributed by atoms with Crippen molar-refractivity contribution in [2.45, 2.75) is 57.2 Å². The van der Waals surface area contributed by atoms with Gasteiger partial charge in [0.25, 0.3) is 5.91 Å². The van der Waals surface area contributed by atoms with E-state index >= 15 is 0 Å². The number of nitrogens with zero attached hydrogens (tertiary/aromatic N) is 4. The third-order valence-electron chi connectivity index (χ3n) is 4.75. The van der Waals surface area contributed by atoms with Crippen molar-refractivity contribution in [1.29, 1.82) is 5.26 Å². The summed E-state index contributed by atoms with van der Waals surface area (Å²) in [5.41, 5.74) is -2.02. The van der Waals surface area contributed by atoms with Crippen molar-refractivity contribution in [3.8, 4) is 6.07 Å². The molecule has 1 fully saturated rings. The summed E-state index contributed by atoms with van der Waals surface area (Å²) >= 11 is 0. The lowest BCUT2D eigenvalue weighted by Gasteiger charge is -2.60. The van der Waals surface area contributed by atoms with Gasteiger partial charge in [0.15, 0.2) is 0 Å². The molecule has 1 aliphatic rings. The van der Waals surface area contributed by atoms with Gasteiger partial charge in [-0.25, -0.2) is 5.01 Å². The molecule has 6 heteroatoms. The van der Waals surface area contributed by atoms with Gasteiger partial charge in [-0.2, -0.15) is 5.26 Å². The van der Waals surface area contributed by atoms with E-state index in [2.05, 4.69) is 19.2 Å². The first-order valence-electron chi connectivity index (χ1n) is 7.90. The number of carbonyl (C=O) groups excluding carboxylic acids is 2. The minimum absolute atomic E-state index is 0.212. The molecule has 24 heavy (non-hydrogen) atoms. The molecule has 1 rings (SSSR count). The summed E-state index contributed by atoms with van der Waals surface area (Å²) in [4.78, 5) is 25.7. The molecule has 0 aromatic carbocycles. The molecule has 0 aromatic rings. The summed E-state index contributed by atoms with van der Waals surface area (Å²) in [6.45, 7) is 14.9. The lowest BCUT2D eigenvalue weighted by molar-refractivity contribution is -0.199. The monoisotopic (exact) mass is 332 g/mol. The highest BCUT2D eigenvalue weighted by atomic mass is 16.2. The van der Waals surface area contributed by atoms with Gasteiger partial charge in [0, 0.05) is 38.0 Å². The smallest absolute Gasteiger partial charge is 0.260 e. The molecule has 2 amide bonds. The number of hydrogen-bond donors (Lipinski definition) is 0. The van der Waals surface area contributed by atoms with Crippen molar-refractivity contribution in [3.05, 3.63) is 25.3 Å². The zero-order valence-corrected chi connectivity index (χ0v) is 15.6. The first kappa shape index (κ1) is 19.9. The SMILES string of the molecule is C=CC(=O)N(C)N1C(C)(C)CC(C#N)(N(C)C(=O)C=C)CC1(C)C. The molecule has 132 valence electrons. The Morgan fingerprint density at radius 2 is 1.46 bits per heavy atom. The maximum atomic E-state index is 12.1. The second-order valence-corrected chi connectivity index (χ2v) is 7.60. The van der Waals surface area contributed by atoms with Crippen molar-refractivity contribution >= 4 is 11.8 Å². The highest BCUT2D eigenvalue weighted by molar-refractivity contribution is 5.88. The number of nitriles is 1. The Morgan fingerprint density at radius 3 is 1.79 bits per heavy atom. The lowest BCUT2D eigenvalue weighted by atomic mass is 9.69. The Bertz CT molecular complexity index is 583. The molecular weight excluding hydrogens is 304 g/mol. The molecule has 0 unspecified atom stereocenters. The highest BCUT2D eigenvalue weighted by Gasteiger charge is 2.57. The number of hydrazine groups is 1. The quantitative estimate of drug-likeness (QED) is 0.740. The zero-order valence-electron chi connectivity index (χ0n) is 15.6. The Hall–Kier alpha value is -2.13. The van der Waals surface area contributed by atoms with E-state index in [1.165, 1.54) is 17.1 Å². The largest absolute Gasteiger partial charge is 0.323 e. The predicted molar refractivity (Wildman–Crippen MR) is 93.5 cm³/mol. The molecule has 0 saturated carbocycles. The van der Waals surface area contributed by atoms with Gasteiger partial charge in [0.2, 0.25) is 5.91 Å². The van der Waals surface area contributed by atoms with Crippen molar-refractivity contribution in [1.82, 2.24) is 14.9 Å². The van der Waals surface area contributed by atoms with Gasteiger partial charge in [-0.15, -0.1) is 0 Å². The summed E-state index contributed by atoms with van der Waals surface area (Å²) < 4.78 is 0. The van der Waals surface area contributed by atoms with Gasteiger partial charge in [0.1, 0.15) is 5.54 Å². The first-order chi connectivity index (χ1) is 10.9. The van der Waals surface area contributed by atoms with Crippen molar-refractivity contribution in [2.24, 2.45) is 0 Å². The predicted octanol–water partition coefficient (Wildman–Crippen LogP) is 2.11. The van der Waals surface area contributed by atoms with Crippen LogP contribution in [-0.4, -0.2) is 57.4 Å². The fourth-order valence-electron chi connectivity index (χ4n) is 4.24. The number of carbonyl (C=O) groups is 2. The number of piperidine rings is 1. The average Bonchev–Trinajstić information content (AvgIpc) is 2.49. The van der Waals surface area contributed by atoms with Crippen molar-refractivity contribution in [3.63, 3.8) is 0 Å². The molecule has 0 radical (unpaired) electrons. The van der Waals surface area contributed by atoms with Crippen molar-refractivity contribution < 1.29 is 9.59 Å². The molecular formula is C18H28N4O2. The van der Waals surface area contributed by atoms with Crippen LogP contribution >= 0.6 is 0 Å². The number of rotatable bonds is 4. The molecule has 6 nitrogen and oxygen atoms in total. The third-order valence-corrected chi connectivity index (χ3v) is 4.75. The van der Waals surface area contributed by atoms with E-state index in [-0.39, 0.29) is 11.8 Å². The molecule has 0 aliphatic carbocycles. The van der Waals surface area contributed by atoms with Crippen LogP contribution < -0.4 is 0 Å². The minimum Gasteiger partial charge on any atom is -0.323 e. The van der Waals surface area contributed by atoms with E-state index in [0.717, 1.165) is 0 Å². The minimum atomic E-state index is -0.965. The van der Waals surface area contributed by atoms with Crippen LogP contribution in [-0.2, 0) is 9.59 Å². The van der Waals surface area contributed by atoms with Crippen LogP contribution in [0.1, 0.15) is 40.5 Å². The fraction of sp³-hybridized carbons (Fsp3) is 0.611. The topological polar surface area (TPSA) is 67.7 Å². The van der Waals surface area contributed by atoms with Crippen molar-refractivity contribution in [2.75, 3.05) is 14.1 Å². The van der Waals surface area contributed by atoms with Crippen LogP contribution in [0.4, 0.5) is 0 Å². The van der Waals surface area contributed by atoms with E-state index < -0.39 is 16.6 Å². The third kappa shape index (κ3) is 3.22. The van der Waals surface area contributed by atoms with E-state index in [9.17, 15) is 14.9 Å². The van der Waals surface area contributed by atoms with Crippen LogP contribution in [0.25, 0.3) is 0 Å². The Balaban J connectivity index is 3.40. The average molecular weight is 332 g/mol. The maximum Gasteiger partial charge on any atom is 0.260 e. The molecule has 0 N–H and O–H groups in total. The van der Waals surface area contributed by atoms with Gasteiger partial charge >= 0.3 is 0 Å². The van der Waals surface area contributed by atoms with Gasteiger partial charge in [-0.3, -0.25) is 14.6 Å². The molecule has 0 atom stereocenters. The van der Waals surface area contributed by atoms with Crippen LogP contribution in [0.2, 0.25) is 0 Å². The van der Waals surface area contributed by atoms with Gasteiger partial charge in [-0.05, 0) is 39.8 Å². The highest BCUT2D eigenvalue weighted by Crippen LogP contribution is 2.46. The van der Waals surface area contributed by atoms with E-state index in [0.29, 0.717) is 12.8 Å². The zero-order chi connectivity index (χ0) is 18.9. The second kappa shape index (κ2) is 6.40. The molecule has 1 aliphatic heterocycles. The molecule has 0 aromatic heterocycles. The summed E-state index contributed by atoms with van der Waals surface area (Å²) in [5, 5.41) is 13.4. The van der Waals surface area contributed by atoms with Gasteiger partial charge in [-0.1, -0.05) is 13.2 Å². The van der Waals surface area contributed by atoms with Crippen LogP contribution in [0, 0.1) is 11.3 Å². The molecule has 1 heterocycles. The Kier molecular flexibility index (Phi) is 5.31. The normalized spacial score (nSPS) is 21.2. The van der Waals surface area contributed by atoms with E-state index in [4.69, 9.17) is 0 Å². The summed E-state index contributed by atoms with van der Waals surface area (Å²) in [7, 11) is 3.33. The standard InChI is InChI=1S/C18H28N4O2/c1-9-14(23)20(7)18(13-19)11-16(3,4)22(17(5,6)12-18)21(8)15(24)10-2/h9-10H,1-2,11-12H2,3-8H3. The Morgan fingerprint density at radius 1 is 1.04 bits per heavy atom. The fourth-order valence-corrected chi connectivity index (χ4v) is 4.24. The number of likely N-dealkylation sites (N-methyl/N-ethyl adjacent to an activating group) is 2. The second-order valence-electron chi connectivity index (χ2n) is 7.60. The summed E-state index contributed by atoms with van der Waals surface area (Å²) in [6, 6.07) is 2.35. The Labute approximate surface area is 145 Å². The molecule has 1 saturated heterocycles. The molecule has 0 spiro atoms. The summed E-state index contributed by atoms with van der Waals surface area (Å²) in [6.07, 6.45) is 3.31. The molecule has 0 bridgehead atoms. The lowest BCUT2D eigenvalue weighted by Crippen LogP contribution is -2.72. The van der Waals surface area contributed by atoms with E-state index in [1.54, 1.807) is 19.1 Å². The van der Waals surface area contributed by atoms with Gasteiger partial charge < -0.3 is 4.90 Å². The first-order valence-corrected chi connectivity index (χ1v) is 7.90. The van der Waals surface area contributed by atoms with Crippen LogP contribution in [0.15, 0.2) is 25.3 Å². The van der Waals surface area contributed by atoms with Crippen LogP contribution in [0.3, 0.4) is 0 Å². The summed E-state index contributed by atoms with van der Waals surface area (Å²) in [5.74, 6) is -0.497. The van der Waals surface area contributed by atoms with Gasteiger partial charge in [0.05, 0.1) is 6.07 Å². The van der Waals surface area contributed by atoms with Crippen LogP contribution in [0.5, 0.6) is 0 Å². The number of amides is 2. The van der Waals surface area contributed by atoms with E-state index in [1.807, 2.05) is 32.7 Å².